The van der Waals surface area contributed by atoms with Crippen molar-refractivity contribution in [2.24, 2.45) is 0 Å². The fraction of sp³-hybridized carbons (Fsp3) is 0.0909. The Morgan fingerprint density at radius 2 is 2.06 bits per heavy atom. The van der Waals surface area contributed by atoms with E-state index in [-0.39, 0.29) is 0 Å². The van der Waals surface area contributed by atoms with Gasteiger partial charge in [-0.1, -0.05) is 12.6 Å². The third kappa shape index (κ3) is 2.40. The lowest BCUT2D eigenvalue weighted by atomic mass is 10.0. The molecule has 1 aromatic rings. The third-order valence-electron chi connectivity index (χ3n) is 2.13. The van der Waals surface area contributed by atoms with E-state index in [1.54, 1.807) is 0 Å². The molecule has 0 spiro atoms. The largest absolute Gasteiger partial charge is 0.463 e. The molecule has 0 radical (unpaired) electrons. The van der Waals surface area contributed by atoms with Crippen molar-refractivity contribution in [2.75, 3.05) is 7.11 Å². The molecule has 0 atom stereocenters. The summed E-state index contributed by atoms with van der Waals surface area (Å²) in [5, 5.41) is 10.7. The van der Waals surface area contributed by atoms with Crippen molar-refractivity contribution in [3.05, 3.63) is 46.3 Å². The molecule has 0 saturated carbocycles. The maximum absolute atomic E-state index is 13.5. The minimum Gasteiger partial charge on any atom is -0.463 e. The van der Waals surface area contributed by atoms with Gasteiger partial charge in [-0.05, 0) is 6.07 Å². The minimum absolute atomic E-state index is 0.613. The van der Waals surface area contributed by atoms with E-state index >= 15 is 0 Å². The van der Waals surface area contributed by atoms with Crippen molar-refractivity contribution in [3.8, 4) is 0 Å². The van der Waals surface area contributed by atoms with E-state index in [2.05, 4.69) is 11.3 Å². The molecule has 0 saturated heterocycles. The first-order valence-electron chi connectivity index (χ1n) is 4.65. The Labute approximate surface area is 101 Å². The number of esters is 1. The van der Waals surface area contributed by atoms with Crippen molar-refractivity contribution in [1.29, 1.82) is 0 Å². The highest BCUT2D eigenvalue weighted by molar-refractivity contribution is 6.51. The number of rotatable bonds is 4. The number of ether oxygens (including phenoxy) is 1. The Hall–Kier alpha value is -2.57. The predicted molar refractivity (Wildman–Crippen MR) is 59.1 cm³/mol. The second kappa shape index (κ2) is 5.17. The normalized spacial score (nSPS) is 9.67. The topological polar surface area (TPSA) is 86.5 Å². The van der Waals surface area contributed by atoms with Crippen LogP contribution >= 0.6 is 0 Å². The summed E-state index contributed by atoms with van der Waals surface area (Å²) in [7, 11) is 0.962. The summed E-state index contributed by atoms with van der Waals surface area (Å²) in [4.78, 5) is 32.3. The zero-order valence-electron chi connectivity index (χ0n) is 9.31. The number of nitro benzene ring substituents is 1. The number of hydrogen-bond donors (Lipinski definition) is 0. The van der Waals surface area contributed by atoms with Crippen molar-refractivity contribution in [1.82, 2.24) is 0 Å². The first kappa shape index (κ1) is 13.5. The van der Waals surface area contributed by atoms with Gasteiger partial charge in [0.2, 0.25) is 0 Å². The van der Waals surface area contributed by atoms with E-state index in [1.807, 2.05) is 0 Å². The van der Waals surface area contributed by atoms with Crippen molar-refractivity contribution < 1.29 is 23.6 Å². The van der Waals surface area contributed by atoms with Crippen LogP contribution < -0.4 is 0 Å². The van der Waals surface area contributed by atoms with E-state index in [0.29, 0.717) is 0 Å². The molecule has 0 unspecified atom stereocenters. The number of methoxy groups -OCH3 is 1. The minimum atomic E-state index is -1.27. The lowest BCUT2D eigenvalue weighted by Gasteiger charge is -2.05. The summed E-state index contributed by atoms with van der Waals surface area (Å²) in [6.45, 7) is 3.20. The number of carbonyl (C=O) groups excluding carboxylic acids is 2. The van der Waals surface area contributed by atoms with Crippen LogP contribution in [-0.2, 0) is 14.3 Å². The number of benzene rings is 1. The highest BCUT2D eigenvalue weighted by Gasteiger charge is 2.28. The summed E-state index contributed by atoms with van der Waals surface area (Å²) in [5.41, 5.74) is -1.87. The average molecular weight is 253 g/mol. The smallest absolute Gasteiger partial charge is 0.379 e. The van der Waals surface area contributed by atoms with Gasteiger partial charge in [-0.2, -0.15) is 0 Å². The maximum atomic E-state index is 13.5. The summed E-state index contributed by atoms with van der Waals surface area (Å²) < 4.78 is 17.7. The lowest BCUT2D eigenvalue weighted by Crippen LogP contribution is -2.17. The highest BCUT2D eigenvalue weighted by atomic mass is 19.1. The molecule has 18 heavy (non-hydrogen) atoms. The van der Waals surface area contributed by atoms with Crippen LogP contribution in [0, 0.1) is 15.9 Å². The van der Waals surface area contributed by atoms with Gasteiger partial charge < -0.3 is 4.74 Å². The maximum Gasteiger partial charge on any atom is 0.379 e. The molecule has 1 rings (SSSR count). The van der Waals surface area contributed by atoms with Crippen LogP contribution in [0.15, 0.2) is 24.8 Å². The van der Waals surface area contributed by atoms with Gasteiger partial charge in [-0.3, -0.25) is 14.9 Å². The summed E-state index contributed by atoms with van der Waals surface area (Å²) in [5.74, 6) is -3.50. The van der Waals surface area contributed by atoms with Gasteiger partial charge in [0, 0.05) is 11.6 Å². The molecule has 0 heterocycles. The van der Waals surface area contributed by atoms with Crippen LogP contribution in [-0.4, -0.2) is 23.8 Å². The Morgan fingerprint density at radius 3 is 2.56 bits per heavy atom. The number of carbonyl (C=O) groups is 2. The fourth-order valence-corrected chi connectivity index (χ4v) is 1.29. The molecule has 7 heteroatoms. The van der Waals surface area contributed by atoms with E-state index < -0.39 is 39.3 Å². The summed E-state index contributed by atoms with van der Waals surface area (Å²) in [6, 6.07) is 3.05. The van der Waals surface area contributed by atoms with Crippen LogP contribution in [0.25, 0.3) is 5.57 Å². The Balaban J connectivity index is 3.33. The van der Waals surface area contributed by atoms with E-state index in [9.17, 15) is 24.1 Å². The molecular weight excluding hydrogens is 245 g/mol. The number of ketones is 1. The average Bonchev–Trinajstić information content (AvgIpc) is 2.35. The van der Waals surface area contributed by atoms with E-state index in [0.717, 1.165) is 25.3 Å². The van der Waals surface area contributed by atoms with Gasteiger partial charge in [-0.25, -0.2) is 9.18 Å². The molecule has 0 aliphatic carbocycles. The number of halogens is 1. The van der Waals surface area contributed by atoms with Crippen LogP contribution in [0.2, 0.25) is 0 Å². The standard InChI is InChI=1S/C11H8FNO5/c1-6(10(14)11(15)18-2)9-7(12)4-3-5-8(9)13(16)17/h3-5H,1H2,2H3. The quantitative estimate of drug-likeness (QED) is 0.267. The van der Waals surface area contributed by atoms with Crippen LogP contribution in [0.4, 0.5) is 10.1 Å². The monoisotopic (exact) mass is 253 g/mol. The lowest BCUT2D eigenvalue weighted by molar-refractivity contribution is -0.385. The van der Waals surface area contributed by atoms with Crippen molar-refractivity contribution in [2.45, 2.75) is 0 Å². The Morgan fingerprint density at radius 1 is 1.44 bits per heavy atom. The number of hydrogen-bond acceptors (Lipinski definition) is 5. The SMILES string of the molecule is C=C(C(=O)C(=O)OC)c1c(F)cccc1[N+](=O)[O-]. The molecule has 0 fully saturated rings. The second-order valence-corrected chi connectivity index (χ2v) is 3.19. The molecular formula is C11H8FNO5. The molecule has 0 aliphatic rings. The first-order chi connectivity index (χ1) is 8.40. The van der Waals surface area contributed by atoms with Gasteiger partial charge in [0.05, 0.1) is 17.6 Å². The van der Waals surface area contributed by atoms with Gasteiger partial charge in [0.1, 0.15) is 5.82 Å². The van der Waals surface area contributed by atoms with Crippen molar-refractivity contribution in [3.63, 3.8) is 0 Å². The molecule has 6 nitrogen and oxygen atoms in total. The predicted octanol–water partition coefficient (Wildman–Crippen LogP) is 1.49. The Bertz CT molecular complexity index is 552. The third-order valence-corrected chi connectivity index (χ3v) is 2.13. The molecule has 0 amide bonds. The van der Waals surface area contributed by atoms with E-state index in [4.69, 9.17) is 0 Å². The molecule has 0 bridgehead atoms. The second-order valence-electron chi connectivity index (χ2n) is 3.19. The van der Waals surface area contributed by atoms with Gasteiger partial charge in [0.25, 0.3) is 11.5 Å². The number of nitrogens with zero attached hydrogens (tertiary/aromatic N) is 1. The Kier molecular flexibility index (Phi) is 3.88. The van der Waals surface area contributed by atoms with Gasteiger partial charge >= 0.3 is 5.97 Å². The van der Waals surface area contributed by atoms with Crippen molar-refractivity contribution >= 4 is 23.0 Å². The highest BCUT2D eigenvalue weighted by Crippen LogP contribution is 2.28. The molecule has 94 valence electrons. The first-order valence-corrected chi connectivity index (χ1v) is 4.65. The van der Waals surface area contributed by atoms with Gasteiger partial charge in [-0.15, -0.1) is 0 Å². The number of nitro groups is 1. The number of Topliss-reactive ketones (excluding diaryl/α,β-unsaturated/α-hetero) is 1. The van der Waals surface area contributed by atoms with Crippen LogP contribution in [0.1, 0.15) is 5.56 Å². The summed E-state index contributed by atoms with van der Waals surface area (Å²) in [6.07, 6.45) is 0. The van der Waals surface area contributed by atoms with Gasteiger partial charge in [0.15, 0.2) is 0 Å². The molecule has 1 aromatic carbocycles. The molecule has 0 aliphatic heterocycles. The fourth-order valence-electron chi connectivity index (χ4n) is 1.29. The van der Waals surface area contributed by atoms with Crippen LogP contribution in [0.5, 0.6) is 0 Å². The zero-order chi connectivity index (χ0) is 13.9. The molecule has 0 N–H and O–H groups in total. The molecule has 0 aromatic heterocycles. The summed E-state index contributed by atoms with van der Waals surface area (Å²) >= 11 is 0. The van der Waals surface area contributed by atoms with E-state index in [1.165, 1.54) is 0 Å². The van der Waals surface area contributed by atoms with Crippen LogP contribution in [0.3, 0.4) is 0 Å². The zero-order valence-corrected chi connectivity index (χ0v) is 9.31.